The average Bonchev–Trinajstić information content (AvgIpc) is 2.89. The first kappa shape index (κ1) is 13.7. The second-order valence-corrected chi connectivity index (χ2v) is 5.04. The van der Waals surface area contributed by atoms with Gasteiger partial charge in [-0.2, -0.15) is 0 Å². The second kappa shape index (κ2) is 5.95. The minimum absolute atomic E-state index is 0.0915. The lowest BCUT2D eigenvalue weighted by Gasteiger charge is -2.03. The zero-order valence-corrected chi connectivity index (χ0v) is 11.7. The monoisotopic (exact) mass is 276 g/mol. The summed E-state index contributed by atoms with van der Waals surface area (Å²) in [5.74, 6) is 0.666. The Balaban J connectivity index is 2.18. The van der Waals surface area contributed by atoms with E-state index in [0.717, 1.165) is 10.8 Å². The van der Waals surface area contributed by atoms with E-state index in [1.165, 1.54) is 11.3 Å². The summed E-state index contributed by atoms with van der Waals surface area (Å²) in [5.41, 5.74) is 6.79. The van der Waals surface area contributed by atoms with Gasteiger partial charge in [-0.15, -0.1) is 11.3 Å². The molecule has 1 atom stereocenters. The van der Waals surface area contributed by atoms with Crippen molar-refractivity contribution >= 4 is 17.1 Å². The molecule has 2 N–H and O–H groups in total. The third kappa shape index (κ3) is 3.19. The number of carbonyl (C=O) groups is 1. The van der Waals surface area contributed by atoms with Crippen LogP contribution in [0.2, 0.25) is 0 Å². The smallest absolute Gasteiger partial charge is 0.212 e. The number of nitrogens with two attached hydrogens (primary N) is 1. The highest BCUT2D eigenvalue weighted by molar-refractivity contribution is 7.09. The van der Waals surface area contributed by atoms with Gasteiger partial charge >= 0.3 is 0 Å². The number of benzene rings is 1. The van der Waals surface area contributed by atoms with Gasteiger partial charge in [0, 0.05) is 10.9 Å². The summed E-state index contributed by atoms with van der Waals surface area (Å²) in [6.45, 7) is 4.38. The molecule has 0 aliphatic rings. The molecule has 0 radical (unpaired) electrons. The molecule has 0 spiro atoms. The van der Waals surface area contributed by atoms with Crippen molar-refractivity contribution in [1.82, 2.24) is 4.98 Å². The van der Waals surface area contributed by atoms with Gasteiger partial charge in [0.15, 0.2) is 0 Å². The molecule has 1 aromatic carbocycles. The van der Waals surface area contributed by atoms with Gasteiger partial charge in [0.1, 0.15) is 16.5 Å². The Morgan fingerprint density at radius 2 is 2.11 bits per heavy atom. The summed E-state index contributed by atoms with van der Waals surface area (Å²) in [5, 5.41) is 2.52. The standard InChI is InChI=1S/C14H16N2O2S/c1-3-18-11-6-4-10(5-7-11)13(17)12-8-19-14(16-12)9(2)15/h4-9H,3,15H2,1-2H3. The molecule has 0 aliphatic carbocycles. The first-order chi connectivity index (χ1) is 9.11. The fourth-order valence-electron chi connectivity index (χ4n) is 1.62. The molecule has 19 heavy (non-hydrogen) atoms. The number of carbonyl (C=O) groups excluding carboxylic acids is 1. The van der Waals surface area contributed by atoms with Crippen LogP contribution in [0.25, 0.3) is 0 Å². The third-order valence-corrected chi connectivity index (χ3v) is 3.62. The zero-order chi connectivity index (χ0) is 13.8. The van der Waals surface area contributed by atoms with Crippen molar-refractivity contribution in [2.45, 2.75) is 19.9 Å². The molecule has 0 aliphatic heterocycles. The van der Waals surface area contributed by atoms with Crippen LogP contribution in [0.5, 0.6) is 5.75 Å². The first-order valence-corrected chi connectivity index (χ1v) is 6.98. The minimum atomic E-state index is -0.146. The van der Waals surface area contributed by atoms with E-state index in [1.54, 1.807) is 29.6 Å². The minimum Gasteiger partial charge on any atom is -0.494 e. The molecule has 100 valence electrons. The molecule has 2 rings (SSSR count). The van der Waals surface area contributed by atoms with Crippen LogP contribution in [0.3, 0.4) is 0 Å². The molecular formula is C14H16N2O2S. The highest BCUT2D eigenvalue weighted by atomic mass is 32.1. The summed E-state index contributed by atoms with van der Waals surface area (Å²) < 4.78 is 5.34. The molecule has 1 aromatic heterocycles. The SMILES string of the molecule is CCOc1ccc(C(=O)c2csc(C(C)N)n2)cc1. The van der Waals surface area contributed by atoms with E-state index < -0.39 is 0 Å². The summed E-state index contributed by atoms with van der Waals surface area (Å²) in [6.07, 6.45) is 0. The van der Waals surface area contributed by atoms with E-state index in [9.17, 15) is 4.79 Å². The van der Waals surface area contributed by atoms with E-state index in [4.69, 9.17) is 10.5 Å². The molecule has 0 saturated carbocycles. The molecular weight excluding hydrogens is 260 g/mol. The van der Waals surface area contributed by atoms with Gasteiger partial charge < -0.3 is 10.5 Å². The summed E-state index contributed by atoms with van der Waals surface area (Å²) in [6, 6.07) is 6.92. The van der Waals surface area contributed by atoms with Crippen LogP contribution in [0, 0.1) is 0 Å². The van der Waals surface area contributed by atoms with E-state index in [0.29, 0.717) is 17.9 Å². The lowest BCUT2D eigenvalue weighted by molar-refractivity contribution is 0.103. The van der Waals surface area contributed by atoms with Gasteiger partial charge in [0.2, 0.25) is 5.78 Å². The number of thiazole rings is 1. The van der Waals surface area contributed by atoms with Crippen molar-refractivity contribution in [1.29, 1.82) is 0 Å². The number of ketones is 1. The zero-order valence-electron chi connectivity index (χ0n) is 10.9. The largest absolute Gasteiger partial charge is 0.494 e. The van der Waals surface area contributed by atoms with Crippen LogP contribution < -0.4 is 10.5 Å². The number of hydrogen-bond donors (Lipinski definition) is 1. The number of aromatic nitrogens is 1. The molecule has 1 heterocycles. The van der Waals surface area contributed by atoms with E-state index in [-0.39, 0.29) is 11.8 Å². The highest BCUT2D eigenvalue weighted by Crippen LogP contribution is 2.19. The van der Waals surface area contributed by atoms with Crippen LogP contribution in [0.1, 0.15) is 40.9 Å². The van der Waals surface area contributed by atoms with E-state index >= 15 is 0 Å². The number of hydrogen-bond acceptors (Lipinski definition) is 5. The second-order valence-electron chi connectivity index (χ2n) is 4.15. The van der Waals surface area contributed by atoms with Crippen LogP contribution in [0.4, 0.5) is 0 Å². The van der Waals surface area contributed by atoms with Gasteiger partial charge in [0.25, 0.3) is 0 Å². The molecule has 2 aromatic rings. The summed E-state index contributed by atoms with van der Waals surface area (Å²) in [7, 11) is 0. The van der Waals surface area contributed by atoms with Crippen molar-refractivity contribution in [3.05, 3.63) is 45.9 Å². The summed E-state index contributed by atoms with van der Waals surface area (Å²) >= 11 is 1.41. The lowest BCUT2D eigenvalue weighted by atomic mass is 10.1. The molecule has 4 nitrogen and oxygen atoms in total. The first-order valence-electron chi connectivity index (χ1n) is 6.10. The fraction of sp³-hybridized carbons (Fsp3) is 0.286. The van der Waals surface area contributed by atoms with Crippen molar-refractivity contribution in [2.75, 3.05) is 6.61 Å². The number of rotatable bonds is 5. The third-order valence-electron chi connectivity index (χ3n) is 2.57. The van der Waals surface area contributed by atoms with Crippen molar-refractivity contribution < 1.29 is 9.53 Å². The summed E-state index contributed by atoms with van der Waals surface area (Å²) in [4.78, 5) is 16.5. The Morgan fingerprint density at radius 3 is 2.63 bits per heavy atom. The average molecular weight is 276 g/mol. The number of ether oxygens (including phenoxy) is 1. The van der Waals surface area contributed by atoms with Crippen LogP contribution >= 0.6 is 11.3 Å². The predicted octanol–water partition coefficient (Wildman–Crippen LogP) is 2.79. The molecule has 5 heteroatoms. The van der Waals surface area contributed by atoms with Crippen molar-refractivity contribution in [3.63, 3.8) is 0 Å². The van der Waals surface area contributed by atoms with Crippen LogP contribution in [-0.4, -0.2) is 17.4 Å². The predicted molar refractivity (Wildman–Crippen MR) is 75.8 cm³/mol. The molecule has 0 saturated heterocycles. The Hall–Kier alpha value is -1.72. The van der Waals surface area contributed by atoms with Crippen LogP contribution in [-0.2, 0) is 0 Å². The molecule has 0 fully saturated rings. The van der Waals surface area contributed by atoms with Crippen molar-refractivity contribution in [2.24, 2.45) is 5.73 Å². The Morgan fingerprint density at radius 1 is 1.42 bits per heavy atom. The molecule has 0 bridgehead atoms. The van der Waals surface area contributed by atoms with Gasteiger partial charge in [-0.05, 0) is 38.1 Å². The molecule has 1 unspecified atom stereocenters. The maximum atomic E-state index is 12.2. The Labute approximate surface area is 116 Å². The number of nitrogens with zero attached hydrogens (tertiary/aromatic N) is 1. The fourth-order valence-corrected chi connectivity index (χ4v) is 2.38. The van der Waals surface area contributed by atoms with E-state index in [1.807, 2.05) is 13.8 Å². The Kier molecular flexibility index (Phi) is 4.29. The Bertz CT molecular complexity index is 561. The quantitative estimate of drug-likeness (QED) is 0.853. The van der Waals surface area contributed by atoms with Gasteiger partial charge in [0.05, 0.1) is 12.6 Å². The van der Waals surface area contributed by atoms with Gasteiger partial charge in [-0.3, -0.25) is 4.79 Å². The maximum Gasteiger partial charge on any atom is 0.212 e. The van der Waals surface area contributed by atoms with Crippen molar-refractivity contribution in [3.8, 4) is 5.75 Å². The van der Waals surface area contributed by atoms with Gasteiger partial charge in [-0.25, -0.2) is 4.98 Å². The van der Waals surface area contributed by atoms with Gasteiger partial charge in [-0.1, -0.05) is 0 Å². The van der Waals surface area contributed by atoms with E-state index in [2.05, 4.69) is 4.98 Å². The lowest BCUT2D eigenvalue weighted by Crippen LogP contribution is -2.06. The highest BCUT2D eigenvalue weighted by Gasteiger charge is 2.14. The maximum absolute atomic E-state index is 12.2. The normalized spacial score (nSPS) is 12.2. The van der Waals surface area contributed by atoms with Crippen LogP contribution in [0.15, 0.2) is 29.6 Å². The topological polar surface area (TPSA) is 65.2 Å². The molecule has 0 amide bonds.